The molecule has 0 unspecified atom stereocenters. The number of amides is 1. The van der Waals surface area contributed by atoms with E-state index < -0.39 is 0 Å². The number of piperazine rings is 1. The Labute approximate surface area is 156 Å². The standard InChI is InChI=1S/C21H28N4O/c1-16(2)15-23-18-7-8-22-20(14-18)21(26)25-11-9-24(10-12-25)19-6-4-5-17(3)13-19/h4-8,13-14,16H,9-12,15H2,1-3H3,(H,22,23). The summed E-state index contributed by atoms with van der Waals surface area (Å²) in [6.45, 7) is 10.4. The zero-order chi connectivity index (χ0) is 18.5. The fraction of sp³-hybridized carbons (Fsp3) is 0.429. The summed E-state index contributed by atoms with van der Waals surface area (Å²) in [6, 6.07) is 12.3. The van der Waals surface area contributed by atoms with Crippen LogP contribution >= 0.6 is 0 Å². The van der Waals surface area contributed by atoms with Gasteiger partial charge in [-0.15, -0.1) is 0 Å². The van der Waals surface area contributed by atoms with Gasteiger partial charge in [0.25, 0.3) is 5.91 Å². The van der Waals surface area contributed by atoms with Crippen LogP contribution in [0.15, 0.2) is 42.6 Å². The van der Waals surface area contributed by atoms with Gasteiger partial charge >= 0.3 is 0 Å². The van der Waals surface area contributed by atoms with E-state index in [4.69, 9.17) is 0 Å². The van der Waals surface area contributed by atoms with Crippen molar-refractivity contribution in [1.29, 1.82) is 0 Å². The smallest absolute Gasteiger partial charge is 0.272 e. The summed E-state index contributed by atoms with van der Waals surface area (Å²) in [5, 5.41) is 3.36. The molecule has 26 heavy (non-hydrogen) atoms. The molecule has 1 aromatic heterocycles. The van der Waals surface area contributed by atoms with Crippen molar-refractivity contribution in [3.05, 3.63) is 53.9 Å². The van der Waals surface area contributed by atoms with Crippen LogP contribution in [0.4, 0.5) is 11.4 Å². The van der Waals surface area contributed by atoms with E-state index in [1.807, 2.05) is 17.0 Å². The van der Waals surface area contributed by atoms with Crippen molar-refractivity contribution in [3.63, 3.8) is 0 Å². The number of anilines is 2. The Hall–Kier alpha value is -2.56. The largest absolute Gasteiger partial charge is 0.385 e. The molecule has 3 rings (SSSR count). The van der Waals surface area contributed by atoms with Gasteiger partial charge in [0.2, 0.25) is 0 Å². The molecular formula is C21H28N4O. The van der Waals surface area contributed by atoms with Crippen molar-refractivity contribution >= 4 is 17.3 Å². The van der Waals surface area contributed by atoms with Crippen molar-refractivity contribution in [2.75, 3.05) is 42.9 Å². The number of pyridine rings is 1. The molecule has 0 radical (unpaired) electrons. The van der Waals surface area contributed by atoms with Gasteiger partial charge in [-0.3, -0.25) is 9.78 Å². The first-order chi connectivity index (χ1) is 12.5. The van der Waals surface area contributed by atoms with Crippen molar-refractivity contribution < 1.29 is 4.79 Å². The molecule has 2 heterocycles. The minimum atomic E-state index is 0.0158. The van der Waals surface area contributed by atoms with Crippen LogP contribution in [0.1, 0.15) is 29.9 Å². The molecule has 1 aliphatic rings. The number of carbonyl (C=O) groups is 1. The van der Waals surface area contributed by atoms with Gasteiger partial charge in [-0.25, -0.2) is 0 Å². The second-order valence-corrected chi connectivity index (χ2v) is 7.32. The molecule has 1 aromatic carbocycles. The second kappa shape index (κ2) is 8.21. The van der Waals surface area contributed by atoms with E-state index >= 15 is 0 Å². The first-order valence-corrected chi connectivity index (χ1v) is 9.34. The number of benzene rings is 1. The maximum Gasteiger partial charge on any atom is 0.272 e. The number of aromatic nitrogens is 1. The third kappa shape index (κ3) is 4.54. The van der Waals surface area contributed by atoms with Gasteiger partial charge in [-0.05, 0) is 42.7 Å². The van der Waals surface area contributed by atoms with E-state index in [1.54, 1.807) is 6.20 Å². The molecule has 1 N–H and O–H groups in total. The van der Waals surface area contributed by atoms with Crippen molar-refractivity contribution in [2.24, 2.45) is 5.92 Å². The quantitative estimate of drug-likeness (QED) is 0.896. The predicted octanol–water partition coefficient (Wildman–Crippen LogP) is 3.42. The van der Waals surface area contributed by atoms with Gasteiger partial charge in [0.05, 0.1) is 0 Å². The lowest BCUT2D eigenvalue weighted by Crippen LogP contribution is -2.49. The lowest BCUT2D eigenvalue weighted by molar-refractivity contribution is 0.0741. The molecule has 5 nitrogen and oxygen atoms in total. The Balaban J connectivity index is 1.60. The van der Waals surface area contributed by atoms with Crippen molar-refractivity contribution in [3.8, 4) is 0 Å². The number of nitrogens with zero attached hydrogens (tertiary/aromatic N) is 3. The number of rotatable bonds is 5. The Kier molecular flexibility index (Phi) is 5.76. The molecule has 1 saturated heterocycles. The molecule has 0 aliphatic carbocycles. The zero-order valence-electron chi connectivity index (χ0n) is 15.9. The Morgan fingerprint density at radius 3 is 2.62 bits per heavy atom. The summed E-state index contributed by atoms with van der Waals surface area (Å²) in [6.07, 6.45) is 1.71. The van der Waals surface area contributed by atoms with E-state index in [1.165, 1.54) is 11.3 Å². The molecule has 1 amide bonds. The summed E-state index contributed by atoms with van der Waals surface area (Å²) in [7, 11) is 0. The fourth-order valence-electron chi connectivity index (χ4n) is 3.13. The van der Waals surface area contributed by atoms with Crippen molar-refractivity contribution in [2.45, 2.75) is 20.8 Å². The van der Waals surface area contributed by atoms with Crippen LogP contribution in [-0.4, -0.2) is 48.5 Å². The SMILES string of the molecule is Cc1cccc(N2CCN(C(=O)c3cc(NCC(C)C)ccn3)CC2)c1. The molecular weight excluding hydrogens is 324 g/mol. The van der Waals surface area contributed by atoms with Crippen LogP contribution in [0.3, 0.4) is 0 Å². The maximum atomic E-state index is 12.8. The molecule has 0 atom stereocenters. The highest BCUT2D eigenvalue weighted by Crippen LogP contribution is 2.19. The molecule has 0 bridgehead atoms. The number of carbonyl (C=O) groups excluding carboxylic acids is 1. The summed E-state index contributed by atoms with van der Waals surface area (Å²) in [4.78, 5) is 21.3. The first-order valence-electron chi connectivity index (χ1n) is 9.34. The summed E-state index contributed by atoms with van der Waals surface area (Å²) in [5.74, 6) is 0.569. The highest BCUT2D eigenvalue weighted by molar-refractivity contribution is 5.93. The number of hydrogen-bond acceptors (Lipinski definition) is 4. The molecule has 2 aromatic rings. The average Bonchev–Trinajstić information content (AvgIpc) is 2.66. The lowest BCUT2D eigenvalue weighted by Gasteiger charge is -2.36. The minimum Gasteiger partial charge on any atom is -0.385 e. The topological polar surface area (TPSA) is 48.5 Å². The van der Waals surface area contributed by atoms with Gasteiger partial charge in [-0.1, -0.05) is 26.0 Å². The Bertz CT molecular complexity index is 751. The van der Waals surface area contributed by atoms with Crippen LogP contribution < -0.4 is 10.2 Å². The number of hydrogen-bond donors (Lipinski definition) is 1. The van der Waals surface area contributed by atoms with Crippen LogP contribution in [0.2, 0.25) is 0 Å². The number of nitrogens with one attached hydrogen (secondary N) is 1. The molecule has 0 spiro atoms. The molecule has 138 valence electrons. The Morgan fingerprint density at radius 1 is 1.15 bits per heavy atom. The summed E-state index contributed by atoms with van der Waals surface area (Å²) < 4.78 is 0. The van der Waals surface area contributed by atoms with Crippen molar-refractivity contribution in [1.82, 2.24) is 9.88 Å². The molecule has 5 heteroatoms. The van der Waals surface area contributed by atoms with Gasteiger partial charge < -0.3 is 15.1 Å². The zero-order valence-corrected chi connectivity index (χ0v) is 15.9. The summed E-state index contributed by atoms with van der Waals surface area (Å²) in [5.41, 5.74) is 3.96. The van der Waals surface area contributed by atoms with Gasteiger partial charge in [0.15, 0.2) is 0 Å². The van der Waals surface area contributed by atoms with E-state index in [9.17, 15) is 4.79 Å². The lowest BCUT2D eigenvalue weighted by atomic mass is 10.2. The third-order valence-corrected chi connectivity index (χ3v) is 4.63. The number of aryl methyl sites for hydroxylation is 1. The molecule has 0 saturated carbocycles. The van der Waals surface area contributed by atoms with Crippen LogP contribution in [0.25, 0.3) is 0 Å². The fourth-order valence-corrected chi connectivity index (χ4v) is 3.13. The predicted molar refractivity (Wildman–Crippen MR) is 107 cm³/mol. The second-order valence-electron chi connectivity index (χ2n) is 7.32. The van der Waals surface area contributed by atoms with Gasteiger partial charge in [0.1, 0.15) is 5.69 Å². The van der Waals surface area contributed by atoms with E-state index in [0.717, 1.165) is 38.4 Å². The normalized spacial score (nSPS) is 14.6. The Morgan fingerprint density at radius 2 is 1.92 bits per heavy atom. The first kappa shape index (κ1) is 18.2. The van der Waals surface area contributed by atoms with E-state index in [-0.39, 0.29) is 5.91 Å². The minimum absolute atomic E-state index is 0.0158. The van der Waals surface area contributed by atoms with Crippen LogP contribution in [0, 0.1) is 12.8 Å². The highest BCUT2D eigenvalue weighted by Gasteiger charge is 2.23. The average molecular weight is 352 g/mol. The van der Waals surface area contributed by atoms with Gasteiger partial charge in [-0.2, -0.15) is 0 Å². The van der Waals surface area contributed by atoms with Gasteiger partial charge in [0, 0.05) is 50.3 Å². The highest BCUT2D eigenvalue weighted by atomic mass is 16.2. The molecule has 1 fully saturated rings. The molecule has 1 aliphatic heterocycles. The third-order valence-electron chi connectivity index (χ3n) is 4.63. The van der Waals surface area contributed by atoms with E-state index in [2.05, 4.69) is 60.2 Å². The van der Waals surface area contributed by atoms with E-state index in [0.29, 0.717) is 11.6 Å². The summed E-state index contributed by atoms with van der Waals surface area (Å²) >= 11 is 0. The maximum absolute atomic E-state index is 12.8. The monoisotopic (exact) mass is 352 g/mol. The van der Waals surface area contributed by atoms with Crippen LogP contribution in [-0.2, 0) is 0 Å². The van der Waals surface area contributed by atoms with Crippen LogP contribution in [0.5, 0.6) is 0 Å².